The van der Waals surface area contributed by atoms with Crippen LogP contribution >= 0.6 is 0 Å². The van der Waals surface area contributed by atoms with Gasteiger partial charge in [0.25, 0.3) is 0 Å². The number of benzene rings is 3. The second-order valence-corrected chi connectivity index (χ2v) is 10.4. The quantitative estimate of drug-likeness (QED) is 0.327. The van der Waals surface area contributed by atoms with Crippen molar-refractivity contribution in [1.29, 1.82) is 0 Å². The van der Waals surface area contributed by atoms with Crippen LogP contribution in [0.25, 0.3) is 0 Å². The number of carbonyl (C=O) groups is 2. The first kappa shape index (κ1) is 26.4. The number of rotatable bonds is 5. The van der Waals surface area contributed by atoms with E-state index in [1.807, 2.05) is 32.0 Å². The second-order valence-electron chi connectivity index (χ2n) is 10.4. The maximum Gasteiger partial charge on any atom is 0.235 e. The maximum atomic E-state index is 12.8. The maximum absolute atomic E-state index is 12.8. The van der Waals surface area contributed by atoms with Gasteiger partial charge >= 0.3 is 0 Å². The normalized spacial score (nSPS) is 19.7. The molecule has 200 valence electrons. The second kappa shape index (κ2) is 10.8. The zero-order chi connectivity index (χ0) is 27.6. The van der Waals surface area contributed by atoms with Crippen LogP contribution in [0.2, 0.25) is 0 Å². The topological polar surface area (TPSA) is 73.8 Å². The molecule has 2 N–H and O–H groups in total. The molecule has 0 fully saturated rings. The van der Waals surface area contributed by atoms with Gasteiger partial charge in [0.15, 0.2) is 0 Å². The van der Waals surface area contributed by atoms with Crippen LogP contribution in [0, 0.1) is 5.82 Å². The fourth-order valence-corrected chi connectivity index (χ4v) is 5.91. The van der Waals surface area contributed by atoms with Gasteiger partial charge in [-0.05, 0) is 105 Å². The summed E-state index contributed by atoms with van der Waals surface area (Å²) in [5.74, 6) is -0.111. The highest BCUT2D eigenvalue weighted by Gasteiger charge is 2.50. The Labute approximate surface area is 228 Å². The first-order chi connectivity index (χ1) is 18.8. The SMILES string of the molecule is CC=N/C(C)=C\C(C)Nc1ccc2c(c1)CC1(C2)C(=O)Nc2ccccc21.O=CN1CCc2cc(F)ccc21. The monoisotopic (exact) mass is 524 g/mol. The molecule has 6 rings (SSSR count). The molecule has 1 spiro atoms. The highest BCUT2D eigenvalue weighted by Crippen LogP contribution is 2.47. The molecule has 3 aromatic rings. The van der Waals surface area contributed by atoms with Crippen molar-refractivity contribution in [2.75, 3.05) is 22.1 Å². The van der Waals surface area contributed by atoms with Gasteiger partial charge < -0.3 is 15.5 Å². The summed E-state index contributed by atoms with van der Waals surface area (Å²) in [6.07, 6.45) is 6.97. The minimum Gasteiger partial charge on any atom is -0.379 e. The van der Waals surface area contributed by atoms with E-state index in [0.717, 1.165) is 59.6 Å². The van der Waals surface area contributed by atoms with E-state index in [9.17, 15) is 14.0 Å². The Bertz CT molecular complexity index is 1480. The van der Waals surface area contributed by atoms with Gasteiger partial charge in [-0.1, -0.05) is 24.3 Å². The number of nitrogens with one attached hydrogen (secondary N) is 2. The van der Waals surface area contributed by atoms with Crippen molar-refractivity contribution in [3.05, 3.63) is 101 Å². The number of nitrogens with zero attached hydrogens (tertiary/aromatic N) is 2. The summed E-state index contributed by atoms with van der Waals surface area (Å²) in [6.45, 7) is 6.70. The third-order valence-electron chi connectivity index (χ3n) is 7.63. The Kier molecular flexibility index (Phi) is 7.33. The lowest BCUT2D eigenvalue weighted by Crippen LogP contribution is -2.35. The molecule has 7 heteroatoms. The standard InChI is InChI=1S/C23H25N3O.C9H8FNO/c1-4-24-15(2)11-16(3)25-19-10-9-17-13-23(14-18(17)12-19)20-7-5-6-8-21(20)26-22(23)27;10-8-1-2-9-7(5-8)3-4-11(9)6-12/h4-12,16,25H,13-14H2,1-3H3,(H,26,27);1-2,5-6H,3-4H2/b15-11-,24-4?;. The number of fused-ring (bicyclic) bond motifs is 4. The molecule has 2 atom stereocenters. The van der Waals surface area contributed by atoms with Crippen molar-refractivity contribution < 1.29 is 14.0 Å². The number of para-hydroxylation sites is 1. The molecule has 1 aliphatic carbocycles. The first-order valence-electron chi connectivity index (χ1n) is 13.3. The van der Waals surface area contributed by atoms with E-state index in [1.165, 1.54) is 23.3 Å². The number of halogens is 1. The van der Waals surface area contributed by atoms with Crippen LogP contribution in [-0.4, -0.2) is 31.1 Å². The first-order valence-corrected chi connectivity index (χ1v) is 13.3. The van der Waals surface area contributed by atoms with Crippen molar-refractivity contribution in [1.82, 2.24) is 0 Å². The fraction of sp³-hybridized carbons (Fsp3) is 0.281. The van der Waals surface area contributed by atoms with E-state index in [-0.39, 0.29) is 17.8 Å². The van der Waals surface area contributed by atoms with Crippen molar-refractivity contribution in [3.63, 3.8) is 0 Å². The highest BCUT2D eigenvalue weighted by atomic mass is 19.1. The Morgan fingerprint density at radius 3 is 2.69 bits per heavy atom. The number of aliphatic imine (C=N–C) groups is 1. The predicted octanol–water partition coefficient (Wildman–Crippen LogP) is 5.81. The summed E-state index contributed by atoms with van der Waals surface area (Å²) in [5.41, 5.74) is 7.99. The van der Waals surface area contributed by atoms with Gasteiger partial charge in [-0.15, -0.1) is 0 Å². The van der Waals surface area contributed by atoms with Crippen LogP contribution in [0.3, 0.4) is 0 Å². The number of allylic oxidation sites excluding steroid dienone is 1. The lowest BCUT2D eigenvalue weighted by molar-refractivity contribution is -0.120. The summed E-state index contributed by atoms with van der Waals surface area (Å²) in [7, 11) is 0. The molecule has 0 saturated carbocycles. The molecule has 6 nitrogen and oxygen atoms in total. The highest BCUT2D eigenvalue weighted by molar-refractivity contribution is 6.07. The van der Waals surface area contributed by atoms with Gasteiger partial charge in [0, 0.05) is 41.6 Å². The van der Waals surface area contributed by atoms with Crippen LogP contribution < -0.4 is 15.5 Å². The molecular weight excluding hydrogens is 491 g/mol. The number of hydrogen-bond acceptors (Lipinski definition) is 4. The number of hydrogen-bond donors (Lipinski definition) is 2. The van der Waals surface area contributed by atoms with Crippen molar-refractivity contribution in [2.24, 2.45) is 4.99 Å². The zero-order valence-electron chi connectivity index (χ0n) is 22.5. The van der Waals surface area contributed by atoms with Crippen LogP contribution in [0.5, 0.6) is 0 Å². The lowest BCUT2D eigenvalue weighted by Gasteiger charge is -2.20. The molecule has 3 aliphatic rings. The molecule has 2 heterocycles. The molecule has 0 radical (unpaired) electrons. The Morgan fingerprint density at radius 2 is 1.90 bits per heavy atom. The van der Waals surface area contributed by atoms with E-state index in [0.29, 0.717) is 6.54 Å². The summed E-state index contributed by atoms with van der Waals surface area (Å²) in [5, 5.41) is 6.59. The van der Waals surface area contributed by atoms with Crippen LogP contribution in [0.4, 0.5) is 21.5 Å². The molecule has 3 aromatic carbocycles. The van der Waals surface area contributed by atoms with Crippen LogP contribution in [0.15, 0.2) is 77.4 Å². The van der Waals surface area contributed by atoms with Crippen molar-refractivity contribution in [2.45, 2.75) is 51.5 Å². The van der Waals surface area contributed by atoms with Gasteiger partial charge in [-0.2, -0.15) is 0 Å². The lowest BCUT2D eigenvalue weighted by atomic mass is 9.79. The predicted molar refractivity (Wildman–Crippen MR) is 155 cm³/mol. The van der Waals surface area contributed by atoms with Crippen molar-refractivity contribution in [3.8, 4) is 0 Å². The average molecular weight is 525 g/mol. The van der Waals surface area contributed by atoms with E-state index < -0.39 is 5.41 Å². The van der Waals surface area contributed by atoms with E-state index >= 15 is 0 Å². The Balaban J connectivity index is 0.000000214. The van der Waals surface area contributed by atoms with Crippen LogP contribution in [0.1, 0.15) is 43.0 Å². The fourth-order valence-electron chi connectivity index (χ4n) is 5.91. The summed E-state index contributed by atoms with van der Waals surface area (Å²) < 4.78 is 12.7. The smallest absolute Gasteiger partial charge is 0.235 e. The third-order valence-corrected chi connectivity index (χ3v) is 7.63. The van der Waals surface area contributed by atoms with Gasteiger partial charge in [0.1, 0.15) is 5.82 Å². The van der Waals surface area contributed by atoms with Gasteiger partial charge in [0.05, 0.1) is 5.41 Å². The molecule has 0 aromatic heterocycles. The van der Waals surface area contributed by atoms with Crippen LogP contribution in [-0.2, 0) is 34.3 Å². The number of carbonyl (C=O) groups excluding carboxylic acids is 2. The molecule has 39 heavy (non-hydrogen) atoms. The van der Waals surface area contributed by atoms with E-state index in [1.54, 1.807) is 17.2 Å². The van der Waals surface area contributed by atoms with E-state index in [4.69, 9.17) is 0 Å². The minimum atomic E-state index is -0.449. The molecule has 2 amide bonds. The minimum absolute atomic E-state index is 0.124. The van der Waals surface area contributed by atoms with Crippen molar-refractivity contribution >= 4 is 35.6 Å². The summed E-state index contributed by atoms with van der Waals surface area (Å²) >= 11 is 0. The van der Waals surface area contributed by atoms with Gasteiger partial charge in [0.2, 0.25) is 12.3 Å². The summed E-state index contributed by atoms with van der Waals surface area (Å²) in [4.78, 5) is 29.2. The molecule has 2 unspecified atom stereocenters. The molecular formula is C32H33FN4O2. The number of amides is 2. The molecule has 2 aliphatic heterocycles. The van der Waals surface area contributed by atoms with Gasteiger partial charge in [-0.25, -0.2) is 4.39 Å². The summed E-state index contributed by atoms with van der Waals surface area (Å²) in [6, 6.07) is 19.2. The third kappa shape index (κ3) is 5.21. The Morgan fingerprint density at radius 1 is 1.10 bits per heavy atom. The zero-order valence-corrected chi connectivity index (χ0v) is 22.5. The Hall–Kier alpha value is -4.26. The van der Waals surface area contributed by atoms with Gasteiger partial charge in [-0.3, -0.25) is 14.6 Å². The number of anilines is 3. The average Bonchev–Trinajstić information content (AvgIpc) is 3.57. The molecule has 0 saturated heterocycles. The molecule has 0 bridgehead atoms. The van der Waals surface area contributed by atoms with E-state index in [2.05, 4.69) is 52.9 Å². The largest absolute Gasteiger partial charge is 0.379 e.